The molecule has 3 nitrogen and oxygen atoms in total. The van der Waals surface area contributed by atoms with Crippen molar-refractivity contribution in [2.24, 2.45) is 0 Å². The van der Waals surface area contributed by atoms with Crippen molar-refractivity contribution in [3.63, 3.8) is 0 Å². The van der Waals surface area contributed by atoms with E-state index in [1.165, 1.54) is 0 Å². The number of rotatable bonds is 5. The predicted octanol–water partition coefficient (Wildman–Crippen LogP) is 2.42. The van der Waals surface area contributed by atoms with Crippen LogP contribution in [0.15, 0.2) is 0 Å². The molecule has 0 aliphatic heterocycles. The molecule has 1 atom stereocenters. The zero-order chi connectivity index (χ0) is 9.68. The van der Waals surface area contributed by atoms with Crippen molar-refractivity contribution in [2.75, 3.05) is 13.2 Å². The Hall–Kier alpha value is -0.190. The average Bonchev–Trinajstić information content (AvgIpc) is 2.53. The van der Waals surface area contributed by atoms with Crippen molar-refractivity contribution in [2.45, 2.75) is 25.6 Å². The van der Waals surface area contributed by atoms with Gasteiger partial charge < -0.3 is 4.74 Å². The first kappa shape index (κ1) is 10.9. The number of nitrogens with zero attached hydrogens (tertiary/aromatic N) is 2. The van der Waals surface area contributed by atoms with Gasteiger partial charge in [-0.3, -0.25) is 0 Å². The quantitative estimate of drug-likeness (QED) is 0.565. The second-order valence-corrected chi connectivity index (χ2v) is 4.35. The summed E-state index contributed by atoms with van der Waals surface area (Å²) in [5.41, 5.74) is 0. The first-order valence-corrected chi connectivity index (χ1v) is 5.53. The van der Waals surface area contributed by atoms with Gasteiger partial charge in [-0.2, -0.15) is 0 Å². The third-order valence-electron chi connectivity index (χ3n) is 1.49. The second-order valence-electron chi connectivity index (χ2n) is 2.60. The molecule has 0 aliphatic carbocycles. The number of hydrogen-bond acceptors (Lipinski definition) is 4. The van der Waals surface area contributed by atoms with Gasteiger partial charge in [-0.25, -0.2) is 0 Å². The monoisotopic (exact) mass is 220 g/mol. The number of ether oxygens (including phenoxy) is 1. The molecule has 5 heteroatoms. The highest BCUT2D eigenvalue weighted by molar-refractivity contribution is 7.11. The standard InChI is InChI=1S/C8H13ClN2OS/c1-3-12-5-4-7-10-11-8(13-7)6(2)9/h6H,3-5H2,1-2H3. The number of halogens is 1. The normalized spacial score (nSPS) is 13.2. The van der Waals surface area contributed by atoms with Gasteiger partial charge in [0.25, 0.3) is 0 Å². The summed E-state index contributed by atoms with van der Waals surface area (Å²) in [6.07, 6.45) is 0.828. The number of alkyl halides is 1. The highest BCUT2D eigenvalue weighted by Gasteiger charge is 2.08. The molecule has 13 heavy (non-hydrogen) atoms. The van der Waals surface area contributed by atoms with Crippen LogP contribution in [0.25, 0.3) is 0 Å². The van der Waals surface area contributed by atoms with Crippen LogP contribution in [0.5, 0.6) is 0 Å². The summed E-state index contributed by atoms with van der Waals surface area (Å²) < 4.78 is 5.21. The molecular formula is C8H13ClN2OS. The summed E-state index contributed by atoms with van der Waals surface area (Å²) in [7, 11) is 0. The molecule has 0 fully saturated rings. The van der Waals surface area contributed by atoms with Gasteiger partial charge in [0, 0.05) is 13.0 Å². The molecule has 0 saturated heterocycles. The van der Waals surface area contributed by atoms with Crippen molar-refractivity contribution < 1.29 is 4.74 Å². The lowest BCUT2D eigenvalue weighted by atomic mass is 10.5. The fourth-order valence-corrected chi connectivity index (χ4v) is 1.76. The van der Waals surface area contributed by atoms with Crippen molar-refractivity contribution in [3.8, 4) is 0 Å². The Balaban J connectivity index is 2.40. The van der Waals surface area contributed by atoms with Crippen molar-refractivity contribution in [1.82, 2.24) is 10.2 Å². The first-order valence-electron chi connectivity index (χ1n) is 4.28. The summed E-state index contributed by atoms with van der Waals surface area (Å²) in [6.45, 7) is 5.33. The van der Waals surface area contributed by atoms with Crippen LogP contribution in [0.4, 0.5) is 0 Å². The topological polar surface area (TPSA) is 35.0 Å². The molecule has 0 N–H and O–H groups in total. The minimum Gasteiger partial charge on any atom is -0.381 e. The molecular weight excluding hydrogens is 208 g/mol. The molecule has 1 heterocycles. The number of aromatic nitrogens is 2. The third kappa shape index (κ3) is 3.58. The van der Waals surface area contributed by atoms with Gasteiger partial charge in [-0.15, -0.1) is 21.8 Å². The van der Waals surface area contributed by atoms with Crippen LogP contribution < -0.4 is 0 Å². The van der Waals surface area contributed by atoms with Crippen LogP contribution >= 0.6 is 22.9 Å². The Bertz CT molecular complexity index is 252. The maximum atomic E-state index is 5.85. The molecule has 0 bridgehead atoms. The van der Waals surface area contributed by atoms with E-state index >= 15 is 0 Å². The van der Waals surface area contributed by atoms with Crippen LogP contribution in [0.1, 0.15) is 29.2 Å². The molecule has 1 aromatic rings. The van der Waals surface area contributed by atoms with Crippen LogP contribution in [0.2, 0.25) is 0 Å². The van der Waals surface area contributed by atoms with Crippen LogP contribution in [-0.4, -0.2) is 23.4 Å². The van der Waals surface area contributed by atoms with E-state index in [-0.39, 0.29) is 5.38 Å². The zero-order valence-electron chi connectivity index (χ0n) is 7.79. The fourth-order valence-electron chi connectivity index (χ4n) is 0.832. The van der Waals surface area contributed by atoms with Gasteiger partial charge in [0.1, 0.15) is 10.0 Å². The summed E-state index contributed by atoms with van der Waals surface area (Å²) in [4.78, 5) is 0. The minimum atomic E-state index is -0.0432. The van der Waals surface area contributed by atoms with Crippen molar-refractivity contribution in [3.05, 3.63) is 10.0 Å². The van der Waals surface area contributed by atoms with E-state index in [1.54, 1.807) is 11.3 Å². The third-order valence-corrected chi connectivity index (χ3v) is 2.99. The lowest BCUT2D eigenvalue weighted by Gasteiger charge is -1.95. The highest BCUT2D eigenvalue weighted by atomic mass is 35.5. The zero-order valence-corrected chi connectivity index (χ0v) is 9.36. The van der Waals surface area contributed by atoms with Crippen LogP contribution in [-0.2, 0) is 11.2 Å². The van der Waals surface area contributed by atoms with E-state index in [4.69, 9.17) is 16.3 Å². The maximum Gasteiger partial charge on any atom is 0.135 e. The lowest BCUT2D eigenvalue weighted by Crippen LogP contribution is -1.97. The van der Waals surface area contributed by atoms with E-state index in [0.717, 1.165) is 23.0 Å². The smallest absolute Gasteiger partial charge is 0.135 e. The summed E-state index contributed by atoms with van der Waals surface area (Å²) in [5, 5.41) is 9.82. The summed E-state index contributed by atoms with van der Waals surface area (Å²) in [5.74, 6) is 0. The molecule has 1 rings (SSSR count). The summed E-state index contributed by atoms with van der Waals surface area (Å²) in [6, 6.07) is 0. The van der Waals surface area contributed by atoms with Crippen LogP contribution in [0, 0.1) is 0 Å². The minimum absolute atomic E-state index is 0.0432. The van der Waals surface area contributed by atoms with E-state index in [0.29, 0.717) is 6.61 Å². The maximum absolute atomic E-state index is 5.85. The molecule has 0 saturated carbocycles. The number of hydrogen-bond donors (Lipinski definition) is 0. The van der Waals surface area contributed by atoms with Gasteiger partial charge in [-0.1, -0.05) is 11.3 Å². The Labute approximate surface area is 87.1 Å². The van der Waals surface area contributed by atoms with Gasteiger partial charge in [0.2, 0.25) is 0 Å². The molecule has 0 spiro atoms. The molecule has 0 amide bonds. The van der Waals surface area contributed by atoms with Crippen LogP contribution in [0.3, 0.4) is 0 Å². The lowest BCUT2D eigenvalue weighted by molar-refractivity contribution is 0.150. The largest absolute Gasteiger partial charge is 0.381 e. The summed E-state index contributed by atoms with van der Waals surface area (Å²) >= 11 is 7.41. The predicted molar refractivity (Wildman–Crippen MR) is 54.4 cm³/mol. The van der Waals surface area contributed by atoms with E-state index in [1.807, 2.05) is 13.8 Å². The van der Waals surface area contributed by atoms with Gasteiger partial charge in [0.15, 0.2) is 0 Å². The Morgan fingerprint density at radius 1 is 1.54 bits per heavy atom. The highest BCUT2D eigenvalue weighted by Crippen LogP contribution is 2.22. The Kier molecular flexibility index (Phi) is 4.62. The molecule has 0 aliphatic rings. The van der Waals surface area contributed by atoms with Gasteiger partial charge in [0.05, 0.1) is 12.0 Å². The first-order chi connectivity index (χ1) is 6.24. The van der Waals surface area contributed by atoms with Crippen molar-refractivity contribution in [1.29, 1.82) is 0 Å². The Morgan fingerprint density at radius 3 is 2.85 bits per heavy atom. The molecule has 1 aromatic heterocycles. The van der Waals surface area contributed by atoms with E-state index in [2.05, 4.69) is 10.2 Å². The molecule has 74 valence electrons. The van der Waals surface area contributed by atoms with E-state index in [9.17, 15) is 0 Å². The van der Waals surface area contributed by atoms with E-state index < -0.39 is 0 Å². The van der Waals surface area contributed by atoms with Crippen molar-refractivity contribution >= 4 is 22.9 Å². The molecule has 1 unspecified atom stereocenters. The van der Waals surface area contributed by atoms with Gasteiger partial charge >= 0.3 is 0 Å². The SMILES string of the molecule is CCOCCc1nnc(C(C)Cl)s1. The Morgan fingerprint density at radius 2 is 2.31 bits per heavy atom. The van der Waals surface area contributed by atoms with Gasteiger partial charge in [-0.05, 0) is 13.8 Å². The second kappa shape index (κ2) is 5.52. The molecule has 0 radical (unpaired) electrons. The fraction of sp³-hybridized carbons (Fsp3) is 0.750. The average molecular weight is 221 g/mol. The molecule has 0 aromatic carbocycles.